The van der Waals surface area contributed by atoms with Gasteiger partial charge in [-0.05, 0) is 17.5 Å². The number of hydrogen-bond acceptors (Lipinski definition) is 3. The summed E-state index contributed by atoms with van der Waals surface area (Å²) in [6.45, 7) is 3.00. The number of nitrogens with one attached hydrogen (secondary N) is 1. The number of aryl methyl sites for hydroxylation is 1. The molecule has 4 nitrogen and oxygen atoms in total. The van der Waals surface area contributed by atoms with E-state index in [1.165, 1.54) is 10.9 Å². The zero-order valence-electron chi connectivity index (χ0n) is 11.7. The van der Waals surface area contributed by atoms with Gasteiger partial charge in [0.15, 0.2) is 0 Å². The summed E-state index contributed by atoms with van der Waals surface area (Å²) in [5.74, 6) is 0. The molecule has 1 unspecified atom stereocenters. The fraction of sp³-hybridized carbons (Fsp3) is 0.250. The molecule has 0 aliphatic heterocycles. The first-order valence-corrected chi connectivity index (χ1v) is 6.84. The van der Waals surface area contributed by atoms with E-state index in [-0.39, 0.29) is 6.04 Å². The van der Waals surface area contributed by atoms with Crippen LogP contribution in [0.3, 0.4) is 0 Å². The third-order valence-electron chi connectivity index (χ3n) is 3.48. The van der Waals surface area contributed by atoms with Gasteiger partial charge in [0.05, 0.1) is 12.2 Å². The van der Waals surface area contributed by atoms with Gasteiger partial charge in [-0.25, -0.2) is 0 Å². The molecule has 1 atom stereocenters. The predicted octanol–water partition coefficient (Wildman–Crippen LogP) is 2.67. The first-order valence-electron chi connectivity index (χ1n) is 6.84. The molecule has 20 heavy (non-hydrogen) atoms. The van der Waals surface area contributed by atoms with E-state index in [0.717, 1.165) is 17.5 Å². The minimum absolute atomic E-state index is 0.118. The molecule has 0 fully saturated rings. The van der Waals surface area contributed by atoms with Crippen LogP contribution in [0.5, 0.6) is 0 Å². The molecular weight excluding hydrogens is 248 g/mol. The molecule has 2 heterocycles. The summed E-state index contributed by atoms with van der Waals surface area (Å²) in [5.41, 5.74) is 2.35. The SMILES string of the molecule is CCNC(c1cnn(C)c1)c1cncc2ccccc12. The Morgan fingerprint density at radius 3 is 2.80 bits per heavy atom. The Morgan fingerprint density at radius 2 is 2.05 bits per heavy atom. The molecule has 4 heteroatoms. The molecule has 3 rings (SSSR count). The van der Waals surface area contributed by atoms with Crippen LogP contribution in [0.2, 0.25) is 0 Å². The first kappa shape index (κ1) is 12.8. The Morgan fingerprint density at radius 1 is 1.20 bits per heavy atom. The average Bonchev–Trinajstić information content (AvgIpc) is 2.91. The zero-order valence-corrected chi connectivity index (χ0v) is 11.7. The molecule has 2 aromatic heterocycles. The lowest BCUT2D eigenvalue weighted by Crippen LogP contribution is -2.22. The maximum atomic E-state index is 4.38. The largest absolute Gasteiger partial charge is 0.306 e. The van der Waals surface area contributed by atoms with Crippen molar-refractivity contribution < 1.29 is 0 Å². The van der Waals surface area contributed by atoms with Crippen molar-refractivity contribution in [3.05, 3.63) is 60.2 Å². The highest BCUT2D eigenvalue weighted by atomic mass is 15.2. The second-order valence-corrected chi connectivity index (χ2v) is 4.89. The van der Waals surface area contributed by atoms with Crippen molar-refractivity contribution in [3.63, 3.8) is 0 Å². The standard InChI is InChI=1S/C16H18N4/c1-3-18-16(13-9-19-20(2)11-13)15-10-17-8-12-6-4-5-7-14(12)15/h4-11,16,18H,3H2,1-2H3. The molecule has 0 radical (unpaired) electrons. The summed E-state index contributed by atoms with van der Waals surface area (Å²) in [6.07, 6.45) is 7.82. The molecule has 0 saturated carbocycles. The highest BCUT2D eigenvalue weighted by Gasteiger charge is 2.17. The molecule has 0 bridgehead atoms. The topological polar surface area (TPSA) is 42.7 Å². The van der Waals surface area contributed by atoms with Crippen molar-refractivity contribution in [1.82, 2.24) is 20.1 Å². The summed E-state index contributed by atoms with van der Waals surface area (Å²) in [4.78, 5) is 4.38. The number of fused-ring (bicyclic) bond motifs is 1. The van der Waals surface area contributed by atoms with Gasteiger partial charge in [0.1, 0.15) is 0 Å². The first-order chi connectivity index (χ1) is 9.79. The Hall–Kier alpha value is -2.20. The van der Waals surface area contributed by atoms with E-state index >= 15 is 0 Å². The van der Waals surface area contributed by atoms with Gasteiger partial charge in [-0.2, -0.15) is 5.10 Å². The second-order valence-electron chi connectivity index (χ2n) is 4.89. The van der Waals surface area contributed by atoms with E-state index < -0.39 is 0 Å². The third kappa shape index (κ3) is 2.30. The number of rotatable bonds is 4. The smallest absolute Gasteiger partial charge is 0.0629 e. The van der Waals surface area contributed by atoms with E-state index in [4.69, 9.17) is 0 Å². The van der Waals surface area contributed by atoms with Gasteiger partial charge < -0.3 is 5.32 Å². The molecular formula is C16H18N4. The Kier molecular flexibility index (Phi) is 3.48. The Labute approximate surface area is 118 Å². The summed E-state index contributed by atoms with van der Waals surface area (Å²) in [7, 11) is 1.94. The summed E-state index contributed by atoms with van der Waals surface area (Å²) in [5, 5.41) is 10.2. The van der Waals surface area contributed by atoms with E-state index in [0.29, 0.717) is 0 Å². The number of hydrogen-bond donors (Lipinski definition) is 1. The normalized spacial score (nSPS) is 12.7. The molecule has 0 saturated heterocycles. The minimum atomic E-state index is 0.118. The second kappa shape index (κ2) is 5.43. The summed E-state index contributed by atoms with van der Waals surface area (Å²) < 4.78 is 1.83. The van der Waals surface area contributed by atoms with Crippen LogP contribution in [0.1, 0.15) is 24.1 Å². The van der Waals surface area contributed by atoms with Crippen LogP contribution in [-0.2, 0) is 7.05 Å². The van der Waals surface area contributed by atoms with Gasteiger partial charge in [0, 0.05) is 36.6 Å². The zero-order chi connectivity index (χ0) is 13.9. The molecule has 0 aliphatic rings. The van der Waals surface area contributed by atoms with Gasteiger partial charge >= 0.3 is 0 Å². The van der Waals surface area contributed by atoms with Crippen molar-refractivity contribution in [1.29, 1.82) is 0 Å². The van der Waals surface area contributed by atoms with E-state index in [9.17, 15) is 0 Å². The van der Waals surface area contributed by atoms with Crippen LogP contribution >= 0.6 is 0 Å². The van der Waals surface area contributed by atoms with Gasteiger partial charge in [-0.1, -0.05) is 31.2 Å². The van der Waals surface area contributed by atoms with Crippen LogP contribution < -0.4 is 5.32 Å². The molecule has 0 spiro atoms. The number of nitrogens with zero attached hydrogens (tertiary/aromatic N) is 3. The summed E-state index contributed by atoms with van der Waals surface area (Å²) in [6, 6.07) is 8.47. The lowest BCUT2D eigenvalue weighted by molar-refractivity contribution is 0.631. The predicted molar refractivity (Wildman–Crippen MR) is 80.5 cm³/mol. The highest BCUT2D eigenvalue weighted by molar-refractivity contribution is 5.85. The van der Waals surface area contributed by atoms with Crippen molar-refractivity contribution in [2.75, 3.05) is 6.54 Å². The lowest BCUT2D eigenvalue weighted by atomic mass is 9.98. The van der Waals surface area contributed by atoms with Crippen LogP contribution in [-0.4, -0.2) is 21.3 Å². The Balaban J connectivity index is 2.14. The third-order valence-corrected chi connectivity index (χ3v) is 3.48. The quantitative estimate of drug-likeness (QED) is 0.789. The number of aromatic nitrogens is 3. The highest BCUT2D eigenvalue weighted by Crippen LogP contribution is 2.27. The van der Waals surface area contributed by atoms with Crippen molar-refractivity contribution in [2.24, 2.45) is 7.05 Å². The van der Waals surface area contributed by atoms with Gasteiger partial charge in [0.2, 0.25) is 0 Å². The van der Waals surface area contributed by atoms with Crippen molar-refractivity contribution >= 4 is 10.8 Å². The Bertz CT molecular complexity index is 712. The molecule has 1 aromatic carbocycles. The maximum absolute atomic E-state index is 4.38. The van der Waals surface area contributed by atoms with Crippen LogP contribution in [0.25, 0.3) is 10.8 Å². The lowest BCUT2D eigenvalue weighted by Gasteiger charge is -2.18. The van der Waals surface area contributed by atoms with Crippen LogP contribution in [0.4, 0.5) is 0 Å². The molecule has 3 aromatic rings. The molecule has 102 valence electrons. The molecule has 1 N–H and O–H groups in total. The van der Waals surface area contributed by atoms with Crippen LogP contribution in [0.15, 0.2) is 49.1 Å². The van der Waals surface area contributed by atoms with E-state index in [2.05, 4.69) is 46.7 Å². The monoisotopic (exact) mass is 266 g/mol. The average molecular weight is 266 g/mol. The van der Waals surface area contributed by atoms with E-state index in [1.807, 2.05) is 36.4 Å². The van der Waals surface area contributed by atoms with Crippen LogP contribution in [0, 0.1) is 0 Å². The van der Waals surface area contributed by atoms with Crippen molar-refractivity contribution in [3.8, 4) is 0 Å². The fourth-order valence-electron chi connectivity index (χ4n) is 2.57. The van der Waals surface area contributed by atoms with Gasteiger partial charge in [-0.15, -0.1) is 0 Å². The molecule has 0 aliphatic carbocycles. The fourth-order valence-corrected chi connectivity index (χ4v) is 2.57. The molecule has 0 amide bonds. The maximum Gasteiger partial charge on any atom is 0.0629 e. The number of pyridine rings is 1. The number of benzene rings is 1. The minimum Gasteiger partial charge on any atom is -0.306 e. The van der Waals surface area contributed by atoms with Gasteiger partial charge in [0.25, 0.3) is 0 Å². The van der Waals surface area contributed by atoms with Gasteiger partial charge in [-0.3, -0.25) is 9.67 Å². The van der Waals surface area contributed by atoms with Crippen molar-refractivity contribution in [2.45, 2.75) is 13.0 Å². The van der Waals surface area contributed by atoms with E-state index in [1.54, 1.807) is 0 Å². The summed E-state index contributed by atoms with van der Waals surface area (Å²) >= 11 is 0.